The maximum atomic E-state index is 11.9. The number of amides is 1. The molecule has 0 aromatic heterocycles. The van der Waals surface area contributed by atoms with Crippen LogP contribution in [0.2, 0.25) is 0 Å². The molecule has 3 N–H and O–H groups in total. The molecule has 110 valence electrons. The highest BCUT2D eigenvalue weighted by Gasteiger charge is 2.27. The SMILES string of the molecule is CC(NC(=O)C(Cl)Cc1ccccc1)[C@H](CO)C(=O)O. The fraction of sp³-hybridized carbons (Fsp3) is 0.429. The molecule has 5 nitrogen and oxygen atoms in total. The van der Waals surface area contributed by atoms with Crippen LogP contribution in [0.15, 0.2) is 30.3 Å². The van der Waals surface area contributed by atoms with Gasteiger partial charge in [0.05, 0.1) is 12.5 Å². The van der Waals surface area contributed by atoms with Crippen LogP contribution in [0.25, 0.3) is 0 Å². The normalized spacial score (nSPS) is 15.2. The van der Waals surface area contributed by atoms with E-state index in [4.69, 9.17) is 21.8 Å². The van der Waals surface area contributed by atoms with Crippen molar-refractivity contribution in [3.05, 3.63) is 35.9 Å². The number of nitrogens with one attached hydrogen (secondary N) is 1. The van der Waals surface area contributed by atoms with E-state index in [1.807, 2.05) is 30.3 Å². The van der Waals surface area contributed by atoms with Gasteiger partial charge < -0.3 is 15.5 Å². The molecule has 1 rings (SSSR count). The topological polar surface area (TPSA) is 86.6 Å². The van der Waals surface area contributed by atoms with Crippen LogP contribution in [-0.2, 0) is 16.0 Å². The van der Waals surface area contributed by atoms with Crippen LogP contribution < -0.4 is 5.32 Å². The van der Waals surface area contributed by atoms with Gasteiger partial charge in [-0.25, -0.2) is 0 Å². The van der Waals surface area contributed by atoms with Crippen molar-refractivity contribution in [2.24, 2.45) is 5.92 Å². The van der Waals surface area contributed by atoms with Gasteiger partial charge in [-0.05, 0) is 18.9 Å². The minimum Gasteiger partial charge on any atom is -0.481 e. The summed E-state index contributed by atoms with van der Waals surface area (Å²) < 4.78 is 0. The Labute approximate surface area is 122 Å². The van der Waals surface area contributed by atoms with E-state index in [-0.39, 0.29) is 0 Å². The average molecular weight is 300 g/mol. The van der Waals surface area contributed by atoms with Crippen LogP contribution in [0.3, 0.4) is 0 Å². The molecule has 6 heteroatoms. The molecule has 0 aliphatic heterocycles. The molecule has 0 bridgehead atoms. The predicted octanol–water partition coefficient (Wildman–Crippen LogP) is 1.03. The Bertz CT molecular complexity index is 452. The molecule has 0 heterocycles. The first kappa shape index (κ1) is 16.5. The first-order valence-corrected chi connectivity index (χ1v) is 6.71. The Balaban J connectivity index is 2.55. The molecular formula is C14H18ClNO4. The van der Waals surface area contributed by atoms with Crippen LogP contribution in [-0.4, -0.2) is 40.1 Å². The van der Waals surface area contributed by atoms with Crippen LogP contribution in [0, 0.1) is 5.92 Å². The maximum Gasteiger partial charge on any atom is 0.310 e. The number of rotatable bonds is 7. The zero-order valence-electron chi connectivity index (χ0n) is 11.1. The minimum absolute atomic E-state index is 0.359. The summed E-state index contributed by atoms with van der Waals surface area (Å²) in [6.07, 6.45) is 0.359. The predicted molar refractivity (Wildman–Crippen MR) is 75.6 cm³/mol. The second-order valence-electron chi connectivity index (χ2n) is 4.58. The van der Waals surface area contributed by atoms with Crippen molar-refractivity contribution >= 4 is 23.5 Å². The molecular weight excluding hydrogens is 282 g/mol. The number of carboxylic acid groups (broad SMARTS) is 1. The molecule has 0 fully saturated rings. The van der Waals surface area contributed by atoms with E-state index in [0.29, 0.717) is 6.42 Å². The molecule has 1 aromatic rings. The summed E-state index contributed by atoms with van der Waals surface area (Å²) >= 11 is 6.02. The maximum absolute atomic E-state index is 11.9. The van der Waals surface area contributed by atoms with Gasteiger partial charge in [0.2, 0.25) is 5.91 Å². The highest BCUT2D eigenvalue weighted by atomic mass is 35.5. The number of carbonyl (C=O) groups is 2. The Kier molecular flexibility index (Phi) is 6.48. The largest absolute Gasteiger partial charge is 0.481 e. The van der Waals surface area contributed by atoms with Crippen LogP contribution in [0.1, 0.15) is 12.5 Å². The number of aliphatic carboxylic acids is 1. The van der Waals surface area contributed by atoms with Crippen molar-refractivity contribution in [3.63, 3.8) is 0 Å². The van der Waals surface area contributed by atoms with E-state index in [2.05, 4.69) is 5.32 Å². The number of aliphatic hydroxyl groups is 1. The third kappa shape index (κ3) is 4.83. The fourth-order valence-electron chi connectivity index (χ4n) is 1.78. The summed E-state index contributed by atoms with van der Waals surface area (Å²) in [6.45, 7) is 0.988. The summed E-state index contributed by atoms with van der Waals surface area (Å²) in [5, 5.41) is 19.6. The Hall–Kier alpha value is -1.59. The summed E-state index contributed by atoms with van der Waals surface area (Å²) in [6, 6.07) is 8.60. The lowest BCUT2D eigenvalue weighted by molar-refractivity contribution is -0.144. The Morgan fingerprint density at radius 3 is 2.40 bits per heavy atom. The molecule has 0 radical (unpaired) electrons. The summed E-state index contributed by atoms with van der Waals surface area (Å²) in [7, 11) is 0. The number of hydrogen-bond donors (Lipinski definition) is 3. The van der Waals surface area contributed by atoms with Gasteiger partial charge in [-0.2, -0.15) is 0 Å². The van der Waals surface area contributed by atoms with Gasteiger partial charge in [0.15, 0.2) is 0 Å². The molecule has 0 saturated heterocycles. The van der Waals surface area contributed by atoms with Crippen LogP contribution in [0.4, 0.5) is 0 Å². The van der Waals surface area contributed by atoms with Crippen molar-refractivity contribution < 1.29 is 19.8 Å². The summed E-state index contributed by atoms with van der Waals surface area (Å²) in [5.74, 6) is -2.64. The molecule has 2 unspecified atom stereocenters. The lowest BCUT2D eigenvalue weighted by Gasteiger charge is -2.21. The molecule has 1 amide bonds. The average Bonchev–Trinajstić information content (AvgIpc) is 2.40. The lowest BCUT2D eigenvalue weighted by Crippen LogP contribution is -2.46. The third-order valence-corrected chi connectivity index (χ3v) is 3.38. The molecule has 0 aliphatic carbocycles. The summed E-state index contributed by atoms with van der Waals surface area (Å²) in [5.41, 5.74) is 0.923. The van der Waals surface area contributed by atoms with E-state index < -0.39 is 35.8 Å². The van der Waals surface area contributed by atoms with Gasteiger partial charge in [0.1, 0.15) is 5.38 Å². The van der Waals surface area contributed by atoms with Gasteiger partial charge in [-0.1, -0.05) is 30.3 Å². The van der Waals surface area contributed by atoms with Crippen LogP contribution in [0.5, 0.6) is 0 Å². The fourth-order valence-corrected chi connectivity index (χ4v) is 2.02. The van der Waals surface area contributed by atoms with E-state index in [0.717, 1.165) is 5.56 Å². The zero-order chi connectivity index (χ0) is 15.1. The number of carbonyl (C=O) groups excluding carboxylic acids is 1. The second kappa shape index (κ2) is 7.87. The van der Waals surface area contributed by atoms with E-state index in [9.17, 15) is 9.59 Å². The first-order valence-electron chi connectivity index (χ1n) is 6.27. The second-order valence-corrected chi connectivity index (χ2v) is 5.11. The van der Waals surface area contributed by atoms with Gasteiger partial charge in [0, 0.05) is 6.04 Å². The van der Waals surface area contributed by atoms with Crippen molar-refractivity contribution in [2.45, 2.75) is 24.8 Å². The molecule has 20 heavy (non-hydrogen) atoms. The standard InChI is InChI=1S/C14H18ClNO4/c1-9(11(8-17)14(19)20)16-13(18)12(15)7-10-5-3-2-4-6-10/h2-6,9,11-12,17H,7-8H2,1H3,(H,16,18)(H,19,20)/t9?,11-,12?/m0/s1. The molecule has 1 aromatic carbocycles. The summed E-state index contributed by atoms with van der Waals surface area (Å²) in [4.78, 5) is 22.8. The molecule has 0 aliphatic rings. The Morgan fingerprint density at radius 2 is 1.90 bits per heavy atom. The highest BCUT2D eigenvalue weighted by Crippen LogP contribution is 2.10. The lowest BCUT2D eigenvalue weighted by atomic mass is 10.0. The smallest absolute Gasteiger partial charge is 0.310 e. The van der Waals surface area contributed by atoms with E-state index in [1.54, 1.807) is 0 Å². The zero-order valence-corrected chi connectivity index (χ0v) is 11.9. The number of alkyl halides is 1. The number of carboxylic acids is 1. The van der Waals surface area contributed by atoms with Gasteiger partial charge in [-0.3, -0.25) is 9.59 Å². The van der Waals surface area contributed by atoms with Gasteiger partial charge in [-0.15, -0.1) is 11.6 Å². The molecule has 3 atom stereocenters. The monoisotopic (exact) mass is 299 g/mol. The van der Waals surface area contributed by atoms with Gasteiger partial charge in [0.25, 0.3) is 0 Å². The first-order chi connectivity index (χ1) is 9.45. The number of benzene rings is 1. The number of halogens is 1. The van der Waals surface area contributed by atoms with Crippen molar-refractivity contribution in [1.29, 1.82) is 0 Å². The van der Waals surface area contributed by atoms with Crippen molar-refractivity contribution in [3.8, 4) is 0 Å². The van der Waals surface area contributed by atoms with E-state index in [1.165, 1.54) is 6.92 Å². The minimum atomic E-state index is -1.16. The van der Waals surface area contributed by atoms with Crippen LogP contribution >= 0.6 is 11.6 Å². The molecule has 0 saturated carbocycles. The number of aliphatic hydroxyl groups excluding tert-OH is 1. The highest BCUT2D eigenvalue weighted by molar-refractivity contribution is 6.30. The Morgan fingerprint density at radius 1 is 1.30 bits per heavy atom. The molecule has 0 spiro atoms. The third-order valence-electron chi connectivity index (χ3n) is 3.03. The van der Waals surface area contributed by atoms with E-state index >= 15 is 0 Å². The number of hydrogen-bond acceptors (Lipinski definition) is 3. The van der Waals surface area contributed by atoms with Crippen molar-refractivity contribution in [1.82, 2.24) is 5.32 Å². The van der Waals surface area contributed by atoms with Gasteiger partial charge >= 0.3 is 5.97 Å². The quantitative estimate of drug-likeness (QED) is 0.657. The van der Waals surface area contributed by atoms with Crippen molar-refractivity contribution in [2.75, 3.05) is 6.61 Å².